The fourth-order valence-corrected chi connectivity index (χ4v) is 1.81. The van der Waals surface area contributed by atoms with E-state index in [1.165, 1.54) is 0 Å². The highest BCUT2D eigenvalue weighted by molar-refractivity contribution is 5.95. The summed E-state index contributed by atoms with van der Waals surface area (Å²) in [6, 6.07) is 8.25. The van der Waals surface area contributed by atoms with E-state index in [4.69, 9.17) is 0 Å². The summed E-state index contributed by atoms with van der Waals surface area (Å²) in [6.07, 6.45) is 0. The fraction of sp³-hybridized carbons (Fsp3) is 0.125. The molecule has 0 aliphatic heterocycles. The summed E-state index contributed by atoms with van der Waals surface area (Å²) in [5.74, 6) is -6.76. The fourth-order valence-electron chi connectivity index (χ4n) is 1.81. The normalized spacial score (nSPS) is 10.3. The number of benzene rings is 2. The van der Waals surface area contributed by atoms with Crippen LogP contribution in [0.25, 0.3) is 0 Å². The van der Waals surface area contributed by atoms with Crippen LogP contribution in [-0.4, -0.2) is 18.5 Å². The number of carbonyl (C=O) groups excluding carboxylic acids is 2. The second-order valence-electron chi connectivity index (χ2n) is 4.72. The summed E-state index contributed by atoms with van der Waals surface area (Å²) >= 11 is 0. The van der Waals surface area contributed by atoms with Gasteiger partial charge >= 0.3 is 5.97 Å². The molecule has 0 atom stereocenters. The molecule has 4 nitrogen and oxygen atoms in total. The van der Waals surface area contributed by atoms with Gasteiger partial charge in [-0.05, 0) is 36.8 Å². The topological polar surface area (TPSA) is 55.4 Å². The first kappa shape index (κ1) is 16.5. The van der Waals surface area contributed by atoms with Gasteiger partial charge in [0, 0.05) is 5.69 Å². The Morgan fingerprint density at radius 2 is 1.83 bits per heavy atom. The molecule has 0 saturated carbocycles. The quantitative estimate of drug-likeness (QED) is 0.694. The average molecular weight is 323 g/mol. The lowest BCUT2D eigenvalue weighted by atomic mass is 10.2. The number of nitrogens with one attached hydrogen (secondary N) is 1. The summed E-state index contributed by atoms with van der Waals surface area (Å²) in [4.78, 5) is 23.3. The maximum atomic E-state index is 13.4. The largest absolute Gasteiger partial charge is 0.452 e. The first-order valence-electron chi connectivity index (χ1n) is 6.55. The van der Waals surface area contributed by atoms with Crippen molar-refractivity contribution in [3.05, 3.63) is 65.0 Å². The van der Waals surface area contributed by atoms with Crippen molar-refractivity contribution in [3.8, 4) is 0 Å². The monoisotopic (exact) mass is 323 g/mol. The van der Waals surface area contributed by atoms with E-state index in [0.29, 0.717) is 11.8 Å². The third-order valence-electron chi connectivity index (χ3n) is 2.89. The highest BCUT2D eigenvalue weighted by Gasteiger charge is 2.20. The maximum Gasteiger partial charge on any atom is 0.341 e. The average Bonchev–Trinajstić information content (AvgIpc) is 2.50. The standard InChI is InChI=1S/C16H12F3NO3/c1-9-3-2-4-10(7-9)20-13(21)8-23-16(22)11-5-6-12(17)15(19)14(11)18/h2-7H,8H2,1H3,(H,20,21). The van der Waals surface area contributed by atoms with Crippen LogP contribution in [0.2, 0.25) is 0 Å². The van der Waals surface area contributed by atoms with Crippen molar-refractivity contribution in [2.45, 2.75) is 6.92 Å². The molecule has 2 rings (SSSR count). The van der Waals surface area contributed by atoms with Crippen molar-refractivity contribution in [3.63, 3.8) is 0 Å². The summed E-state index contributed by atoms with van der Waals surface area (Å²) in [5.41, 5.74) is 0.640. The molecular formula is C16H12F3NO3. The number of ether oxygens (including phenoxy) is 1. The SMILES string of the molecule is Cc1cccc(NC(=O)COC(=O)c2ccc(F)c(F)c2F)c1. The number of hydrogen-bond acceptors (Lipinski definition) is 3. The lowest BCUT2D eigenvalue weighted by molar-refractivity contribution is -0.119. The van der Waals surface area contributed by atoms with E-state index in [1.807, 2.05) is 13.0 Å². The van der Waals surface area contributed by atoms with Crippen LogP contribution < -0.4 is 5.32 Å². The Morgan fingerprint density at radius 3 is 2.52 bits per heavy atom. The van der Waals surface area contributed by atoms with E-state index in [1.54, 1.807) is 18.2 Å². The van der Waals surface area contributed by atoms with Gasteiger partial charge in [0.05, 0.1) is 5.56 Å². The minimum Gasteiger partial charge on any atom is -0.452 e. The Kier molecular flexibility index (Phi) is 5.00. The molecule has 23 heavy (non-hydrogen) atoms. The van der Waals surface area contributed by atoms with E-state index < -0.39 is 41.5 Å². The van der Waals surface area contributed by atoms with Gasteiger partial charge in [-0.1, -0.05) is 12.1 Å². The van der Waals surface area contributed by atoms with Crippen molar-refractivity contribution in [1.82, 2.24) is 0 Å². The van der Waals surface area contributed by atoms with Crippen molar-refractivity contribution >= 4 is 17.6 Å². The number of halogens is 3. The van der Waals surface area contributed by atoms with Gasteiger partial charge in [-0.3, -0.25) is 4.79 Å². The second kappa shape index (κ2) is 6.95. The van der Waals surface area contributed by atoms with Crippen LogP contribution in [0.1, 0.15) is 15.9 Å². The van der Waals surface area contributed by atoms with Gasteiger partial charge in [0.1, 0.15) is 0 Å². The van der Waals surface area contributed by atoms with Crippen LogP contribution in [-0.2, 0) is 9.53 Å². The minimum absolute atomic E-state index is 0.505. The van der Waals surface area contributed by atoms with Gasteiger partial charge in [-0.15, -0.1) is 0 Å². The molecule has 120 valence electrons. The lowest BCUT2D eigenvalue weighted by Gasteiger charge is -2.08. The van der Waals surface area contributed by atoms with E-state index >= 15 is 0 Å². The lowest BCUT2D eigenvalue weighted by Crippen LogP contribution is -2.21. The Bertz CT molecular complexity index is 762. The zero-order valence-corrected chi connectivity index (χ0v) is 12.0. The van der Waals surface area contributed by atoms with Gasteiger partial charge in [-0.25, -0.2) is 18.0 Å². The van der Waals surface area contributed by atoms with Crippen LogP contribution in [0.5, 0.6) is 0 Å². The zero-order valence-electron chi connectivity index (χ0n) is 12.0. The molecule has 0 unspecified atom stereocenters. The molecule has 1 N–H and O–H groups in total. The molecule has 2 aromatic carbocycles. The smallest absolute Gasteiger partial charge is 0.341 e. The van der Waals surface area contributed by atoms with E-state index in [2.05, 4.69) is 10.1 Å². The summed E-state index contributed by atoms with van der Waals surface area (Å²) in [6.45, 7) is 1.15. The highest BCUT2D eigenvalue weighted by atomic mass is 19.2. The Labute approximate surface area is 129 Å². The van der Waals surface area contributed by atoms with Crippen LogP contribution >= 0.6 is 0 Å². The number of amides is 1. The number of rotatable bonds is 4. The first-order valence-corrected chi connectivity index (χ1v) is 6.55. The van der Waals surface area contributed by atoms with Crippen molar-refractivity contribution < 1.29 is 27.5 Å². The molecule has 0 spiro atoms. The van der Waals surface area contributed by atoms with Crippen LogP contribution in [0.4, 0.5) is 18.9 Å². The van der Waals surface area contributed by atoms with Gasteiger partial charge in [-0.2, -0.15) is 0 Å². The number of anilines is 1. The maximum absolute atomic E-state index is 13.4. The Hall–Kier alpha value is -2.83. The number of esters is 1. The van der Waals surface area contributed by atoms with E-state index in [0.717, 1.165) is 11.6 Å². The molecule has 0 fully saturated rings. The summed E-state index contributed by atoms with van der Waals surface area (Å²) in [7, 11) is 0. The summed E-state index contributed by atoms with van der Waals surface area (Å²) < 4.78 is 43.8. The predicted molar refractivity (Wildman–Crippen MR) is 76.4 cm³/mol. The second-order valence-corrected chi connectivity index (χ2v) is 4.72. The number of aryl methyl sites for hydroxylation is 1. The Balaban J connectivity index is 1.96. The molecule has 0 aliphatic rings. The van der Waals surface area contributed by atoms with Gasteiger partial charge in [0.15, 0.2) is 24.1 Å². The molecule has 0 radical (unpaired) electrons. The zero-order chi connectivity index (χ0) is 17.0. The Morgan fingerprint density at radius 1 is 1.09 bits per heavy atom. The minimum atomic E-state index is -1.77. The molecule has 0 saturated heterocycles. The molecule has 2 aromatic rings. The number of carbonyl (C=O) groups is 2. The van der Waals surface area contributed by atoms with Crippen molar-refractivity contribution in [1.29, 1.82) is 0 Å². The van der Waals surface area contributed by atoms with E-state index in [-0.39, 0.29) is 0 Å². The van der Waals surface area contributed by atoms with Gasteiger partial charge < -0.3 is 10.1 Å². The van der Waals surface area contributed by atoms with Crippen molar-refractivity contribution in [2.24, 2.45) is 0 Å². The van der Waals surface area contributed by atoms with Gasteiger partial charge in [0.25, 0.3) is 5.91 Å². The molecule has 0 aromatic heterocycles. The molecule has 1 amide bonds. The van der Waals surface area contributed by atoms with E-state index in [9.17, 15) is 22.8 Å². The molecule has 0 aliphatic carbocycles. The van der Waals surface area contributed by atoms with Crippen molar-refractivity contribution in [2.75, 3.05) is 11.9 Å². The third-order valence-corrected chi connectivity index (χ3v) is 2.89. The summed E-state index contributed by atoms with van der Waals surface area (Å²) in [5, 5.41) is 2.48. The van der Waals surface area contributed by atoms with Gasteiger partial charge in [0.2, 0.25) is 0 Å². The number of hydrogen-bond donors (Lipinski definition) is 1. The first-order chi connectivity index (χ1) is 10.9. The molecular weight excluding hydrogens is 311 g/mol. The molecule has 0 bridgehead atoms. The predicted octanol–water partition coefficient (Wildman–Crippen LogP) is 3.21. The highest BCUT2D eigenvalue weighted by Crippen LogP contribution is 2.16. The molecule has 7 heteroatoms. The van der Waals surface area contributed by atoms with Crippen LogP contribution in [0.15, 0.2) is 36.4 Å². The van der Waals surface area contributed by atoms with Crippen LogP contribution in [0.3, 0.4) is 0 Å². The van der Waals surface area contributed by atoms with Crippen LogP contribution in [0, 0.1) is 24.4 Å². The third kappa shape index (κ3) is 4.09. The molecule has 0 heterocycles.